The molecule has 1 aliphatic rings. The third-order valence-corrected chi connectivity index (χ3v) is 5.71. The van der Waals surface area contributed by atoms with Crippen LogP contribution in [0.1, 0.15) is 37.9 Å². The van der Waals surface area contributed by atoms with Crippen LogP contribution in [0.4, 0.5) is 0 Å². The summed E-state index contributed by atoms with van der Waals surface area (Å²) >= 11 is 6.13. The third-order valence-electron chi connectivity index (χ3n) is 5.40. The van der Waals surface area contributed by atoms with Gasteiger partial charge in [-0.3, -0.25) is 4.79 Å². The molecule has 0 bridgehead atoms. The molecular weight excluding hydrogens is 442 g/mol. The average Bonchev–Trinajstić information content (AvgIpc) is 2.85. The predicted molar refractivity (Wildman–Crippen MR) is 125 cm³/mol. The fourth-order valence-electron chi connectivity index (χ4n) is 3.60. The standard InChI is InChI=1S/C26H24ClNO5/c1-31-26(30)22-11-10-21(15-23(22)27)33-20-8-6-18(7-9-20)24(29)14-17-2-4-19(5-3-17)25-16-28-12-13-32-25/h2-11,15,25,28H,12-14,16H2,1H3. The van der Waals surface area contributed by atoms with Gasteiger partial charge in [-0.25, -0.2) is 4.79 Å². The van der Waals surface area contributed by atoms with Crippen molar-refractivity contribution in [3.8, 4) is 11.5 Å². The van der Waals surface area contributed by atoms with Crippen LogP contribution in [0.25, 0.3) is 0 Å². The van der Waals surface area contributed by atoms with Gasteiger partial charge in [-0.15, -0.1) is 0 Å². The van der Waals surface area contributed by atoms with Gasteiger partial charge in [-0.1, -0.05) is 35.9 Å². The molecule has 1 N–H and O–H groups in total. The Morgan fingerprint density at radius 1 is 1.03 bits per heavy atom. The summed E-state index contributed by atoms with van der Waals surface area (Å²) in [7, 11) is 1.30. The van der Waals surface area contributed by atoms with E-state index in [9.17, 15) is 9.59 Å². The maximum atomic E-state index is 12.7. The molecule has 3 aromatic rings. The number of methoxy groups -OCH3 is 1. The fraction of sp³-hybridized carbons (Fsp3) is 0.231. The summed E-state index contributed by atoms with van der Waals surface area (Å²) in [5.41, 5.74) is 2.93. The number of carbonyl (C=O) groups is 2. The van der Waals surface area contributed by atoms with Crippen LogP contribution in [0.15, 0.2) is 66.7 Å². The van der Waals surface area contributed by atoms with Gasteiger partial charge < -0.3 is 19.5 Å². The molecule has 4 rings (SSSR count). The van der Waals surface area contributed by atoms with Gasteiger partial charge in [0.2, 0.25) is 0 Å². The van der Waals surface area contributed by atoms with Crippen LogP contribution in [0, 0.1) is 0 Å². The number of halogens is 1. The molecule has 0 aliphatic carbocycles. The van der Waals surface area contributed by atoms with E-state index in [4.69, 9.17) is 21.1 Å². The van der Waals surface area contributed by atoms with Crippen LogP contribution in [0.5, 0.6) is 11.5 Å². The Labute approximate surface area is 197 Å². The molecule has 0 saturated carbocycles. The Hall–Kier alpha value is -3.19. The molecule has 1 atom stereocenters. The molecule has 7 heteroatoms. The molecule has 170 valence electrons. The Kier molecular flexibility index (Phi) is 7.40. The van der Waals surface area contributed by atoms with E-state index in [1.165, 1.54) is 7.11 Å². The Morgan fingerprint density at radius 3 is 2.39 bits per heavy atom. The maximum Gasteiger partial charge on any atom is 0.339 e. The zero-order valence-electron chi connectivity index (χ0n) is 18.2. The molecule has 0 radical (unpaired) electrons. The number of morpholine rings is 1. The summed E-state index contributed by atoms with van der Waals surface area (Å²) in [6.07, 6.45) is 0.372. The lowest BCUT2D eigenvalue weighted by Crippen LogP contribution is -2.33. The minimum atomic E-state index is -0.511. The highest BCUT2D eigenvalue weighted by Gasteiger charge is 2.16. The first-order valence-corrected chi connectivity index (χ1v) is 11.0. The van der Waals surface area contributed by atoms with E-state index in [0.717, 1.165) is 24.2 Å². The molecule has 0 spiro atoms. The summed E-state index contributed by atoms with van der Waals surface area (Å²) in [6.45, 7) is 2.38. The smallest absolute Gasteiger partial charge is 0.339 e. The van der Waals surface area contributed by atoms with Crippen molar-refractivity contribution >= 4 is 23.4 Å². The highest BCUT2D eigenvalue weighted by molar-refractivity contribution is 6.33. The first-order chi connectivity index (χ1) is 16.0. The molecule has 0 amide bonds. The summed E-state index contributed by atoms with van der Waals surface area (Å²) < 4.78 is 16.2. The van der Waals surface area contributed by atoms with E-state index in [1.807, 2.05) is 24.3 Å². The zero-order chi connectivity index (χ0) is 23.2. The molecule has 1 fully saturated rings. The second-order valence-corrected chi connectivity index (χ2v) is 8.07. The third kappa shape index (κ3) is 5.79. The highest BCUT2D eigenvalue weighted by Crippen LogP contribution is 2.28. The van der Waals surface area contributed by atoms with E-state index in [-0.39, 0.29) is 22.5 Å². The number of rotatable bonds is 7. The van der Waals surface area contributed by atoms with Crippen molar-refractivity contribution in [1.82, 2.24) is 5.32 Å². The number of ether oxygens (including phenoxy) is 3. The first-order valence-electron chi connectivity index (χ1n) is 10.6. The minimum Gasteiger partial charge on any atom is -0.465 e. The lowest BCUT2D eigenvalue weighted by atomic mass is 10.0. The normalized spacial score (nSPS) is 15.6. The van der Waals surface area contributed by atoms with Gasteiger partial charge >= 0.3 is 5.97 Å². The maximum absolute atomic E-state index is 12.7. The summed E-state index contributed by atoms with van der Waals surface area (Å²) in [5.74, 6) is 0.543. The van der Waals surface area contributed by atoms with Gasteiger partial charge in [-0.05, 0) is 47.5 Å². The van der Waals surface area contributed by atoms with Crippen LogP contribution in [0.3, 0.4) is 0 Å². The van der Waals surface area contributed by atoms with Crippen molar-refractivity contribution in [2.75, 3.05) is 26.8 Å². The monoisotopic (exact) mass is 465 g/mol. The molecular formula is C26H24ClNO5. The van der Waals surface area contributed by atoms with Crippen LogP contribution in [0.2, 0.25) is 5.02 Å². The van der Waals surface area contributed by atoms with Crippen molar-refractivity contribution in [3.63, 3.8) is 0 Å². The topological polar surface area (TPSA) is 73.9 Å². The molecule has 1 aliphatic heterocycles. The quantitative estimate of drug-likeness (QED) is 0.391. The summed E-state index contributed by atoms with van der Waals surface area (Å²) in [5, 5.41) is 3.56. The van der Waals surface area contributed by atoms with Gasteiger partial charge in [0.15, 0.2) is 5.78 Å². The molecule has 6 nitrogen and oxygen atoms in total. The van der Waals surface area contributed by atoms with Crippen LogP contribution in [-0.4, -0.2) is 38.6 Å². The molecule has 1 saturated heterocycles. The van der Waals surface area contributed by atoms with Crippen LogP contribution < -0.4 is 10.1 Å². The number of hydrogen-bond acceptors (Lipinski definition) is 6. The first kappa shape index (κ1) is 23.0. The molecule has 0 aromatic heterocycles. The SMILES string of the molecule is COC(=O)c1ccc(Oc2ccc(C(=O)Cc3ccc(C4CNCCO4)cc3)cc2)cc1Cl. The lowest BCUT2D eigenvalue weighted by Gasteiger charge is -2.24. The van der Waals surface area contributed by atoms with Crippen molar-refractivity contribution in [1.29, 1.82) is 0 Å². The van der Waals surface area contributed by atoms with Gasteiger partial charge in [0.25, 0.3) is 0 Å². The van der Waals surface area contributed by atoms with Crippen molar-refractivity contribution in [2.24, 2.45) is 0 Å². The van der Waals surface area contributed by atoms with Crippen molar-refractivity contribution in [3.05, 3.63) is 94.0 Å². The molecule has 1 heterocycles. The van der Waals surface area contributed by atoms with Gasteiger partial charge in [0.1, 0.15) is 11.5 Å². The summed E-state index contributed by atoms with van der Waals surface area (Å²) in [4.78, 5) is 24.3. The Bertz CT molecular complexity index is 1120. The Balaban J connectivity index is 1.36. The minimum absolute atomic E-state index is 0.0235. The number of carbonyl (C=O) groups excluding carboxylic acids is 2. The van der Waals surface area contributed by atoms with Gasteiger partial charge in [0, 0.05) is 31.1 Å². The van der Waals surface area contributed by atoms with E-state index in [2.05, 4.69) is 10.1 Å². The number of Topliss-reactive ketones (excluding diaryl/α,β-unsaturated/α-hetero) is 1. The van der Waals surface area contributed by atoms with E-state index < -0.39 is 5.97 Å². The van der Waals surface area contributed by atoms with Gasteiger partial charge in [0.05, 0.1) is 30.4 Å². The second kappa shape index (κ2) is 10.6. The fourth-order valence-corrected chi connectivity index (χ4v) is 3.84. The zero-order valence-corrected chi connectivity index (χ0v) is 18.9. The average molecular weight is 466 g/mol. The van der Waals surface area contributed by atoms with Crippen molar-refractivity contribution in [2.45, 2.75) is 12.5 Å². The number of ketones is 1. The van der Waals surface area contributed by atoms with E-state index >= 15 is 0 Å². The molecule has 3 aromatic carbocycles. The molecule has 33 heavy (non-hydrogen) atoms. The van der Waals surface area contributed by atoms with E-state index in [1.54, 1.807) is 42.5 Å². The Morgan fingerprint density at radius 2 is 1.76 bits per heavy atom. The van der Waals surface area contributed by atoms with Crippen LogP contribution >= 0.6 is 11.6 Å². The van der Waals surface area contributed by atoms with Crippen LogP contribution in [-0.2, 0) is 15.9 Å². The van der Waals surface area contributed by atoms with Gasteiger partial charge in [-0.2, -0.15) is 0 Å². The highest BCUT2D eigenvalue weighted by atomic mass is 35.5. The number of hydrogen-bond donors (Lipinski definition) is 1. The summed E-state index contributed by atoms with van der Waals surface area (Å²) in [6, 6.07) is 19.6. The number of esters is 1. The predicted octanol–water partition coefficient (Wildman–Crippen LogP) is 5.01. The second-order valence-electron chi connectivity index (χ2n) is 7.66. The van der Waals surface area contributed by atoms with E-state index in [0.29, 0.717) is 30.1 Å². The molecule has 1 unspecified atom stereocenters. The number of benzene rings is 3. The lowest BCUT2D eigenvalue weighted by molar-refractivity contribution is 0.0277. The largest absolute Gasteiger partial charge is 0.465 e. The van der Waals surface area contributed by atoms with Crippen molar-refractivity contribution < 1.29 is 23.8 Å². The number of nitrogens with one attached hydrogen (secondary N) is 1.